The second-order valence-corrected chi connectivity index (χ2v) is 8.99. The number of nitrogens with zero attached hydrogens (tertiary/aromatic N) is 5. The van der Waals surface area contributed by atoms with Gasteiger partial charge in [-0.15, -0.1) is 0 Å². The van der Waals surface area contributed by atoms with Gasteiger partial charge in [0.05, 0.1) is 22.4 Å². The van der Waals surface area contributed by atoms with Crippen LogP contribution >= 0.6 is 0 Å². The van der Waals surface area contributed by atoms with Gasteiger partial charge in [0, 0.05) is 16.5 Å². The first-order valence-electron chi connectivity index (χ1n) is 12.1. The van der Waals surface area contributed by atoms with Gasteiger partial charge < -0.3 is 4.42 Å². The summed E-state index contributed by atoms with van der Waals surface area (Å²) in [4.78, 5) is 15.2. The van der Waals surface area contributed by atoms with Crippen molar-refractivity contribution >= 4 is 39.0 Å². The van der Waals surface area contributed by atoms with Crippen molar-refractivity contribution in [3.63, 3.8) is 0 Å². The normalized spacial score (nSPS) is 11.8. The highest BCUT2D eigenvalue weighted by atomic mass is 16.3. The minimum Gasteiger partial charge on any atom is -0.437 e. The average Bonchev–Trinajstić information content (AvgIpc) is 3.61. The third kappa shape index (κ3) is 2.96. The van der Waals surface area contributed by atoms with Crippen molar-refractivity contribution in [3.05, 3.63) is 115 Å². The van der Waals surface area contributed by atoms with Gasteiger partial charge in [-0.1, -0.05) is 84.9 Å². The van der Waals surface area contributed by atoms with E-state index in [1.165, 1.54) is 0 Å². The van der Waals surface area contributed by atoms with E-state index in [4.69, 9.17) is 19.4 Å². The smallest absolute Gasteiger partial charge is 0.238 e. The summed E-state index contributed by atoms with van der Waals surface area (Å²) in [5.74, 6) is 1.26. The van der Waals surface area contributed by atoms with Crippen molar-refractivity contribution in [2.45, 2.75) is 0 Å². The van der Waals surface area contributed by atoms with Gasteiger partial charge in [-0.3, -0.25) is 0 Å². The van der Waals surface area contributed by atoms with E-state index in [9.17, 15) is 0 Å². The SMILES string of the molecule is c1ccc(-c2cc(-c3ccccc3)nc(-n3c4c5ccccc5oc4n4c5ccccc5nc34)n2)cc1. The largest absolute Gasteiger partial charge is 0.437 e. The number of aromatic nitrogens is 5. The molecule has 0 amide bonds. The summed E-state index contributed by atoms with van der Waals surface area (Å²) in [6.07, 6.45) is 0. The van der Waals surface area contributed by atoms with Crippen molar-refractivity contribution < 1.29 is 4.42 Å². The Morgan fingerprint density at radius 3 is 1.95 bits per heavy atom. The summed E-state index contributed by atoms with van der Waals surface area (Å²) in [6, 6.07) is 38.6. The quantitative estimate of drug-likeness (QED) is 0.268. The summed E-state index contributed by atoms with van der Waals surface area (Å²) in [5, 5.41) is 0.988. The Hall–Kier alpha value is -5.23. The molecule has 174 valence electrons. The number of furan rings is 1. The molecule has 0 aliphatic heterocycles. The zero-order valence-corrected chi connectivity index (χ0v) is 19.6. The molecule has 37 heavy (non-hydrogen) atoms. The van der Waals surface area contributed by atoms with Gasteiger partial charge in [0.2, 0.25) is 17.4 Å². The lowest BCUT2D eigenvalue weighted by Gasteiger charge is -2.10. The molecule has 6 nitrogen and oxygen atoms in total. The van der Waals surface area contributed by atoms with Gasteiger partial charge >= 0.3 is 0 Å². The molecule has 4 aromatic heterocycles. The Morgan fingerprint density at radius 1 is 0.595 bits per heavy atom. The molecule has 0 aliphatic rings. The molecule has 4 heterocycles. The van der Waals surface area contributed by atoms with Gasteiger partial charge in [-0.2, -0.15) is 0 Å². The fourth-order valence-electron chi connectivity index (χ4n) is 5.09. The van der Waals surface area contributed by atoms with Gasteiger partial charge in [0.25, 0.3) is 0 Å². The molecule has 0 unspecified atom stereocenters. The number of hydrogen-bond acceptors (Lipinski definition) is 4. The first-order valence-corrected chi connectivity index (χ1v) is 12.1. The summed E-state index contributed by atoms with van der Waals surface area (Å²) >= 11 is 0. The fourth-order valence-corrected chi connectivity index (χ4v) is 5.09. The maximum absolute atomic E-state index is 6.41. The van der Waals surface area contributed by atoms with Crippen molar-refractivity contribution in [1.29, 1.82) is 0 Å². The molecule has 0 radical (unpaired) electrons. The van der Waals surface area contributed by atoms with Gasteiger partial charge in [0.1, 0.15) is 11.1 Å². The van der Waals surface area contributed by atoms with Crippen LogP contribution in [0.25, 0.3) is 67.5 Å². The van der Waals surface area contributed by atoms with Crippen LogP contribution in [0.1, 0.15) is 0 Å². The summed E-state index contributed by atoms with van der Waals surface area (Å²) in [5.41, 5.74) is 8.01. The highest BCUT2D eigenvalue weighted by molar-refractivity contribution is 6.05. The third-order valence-corrected chi connectivity index (χ3v) is 6.77. The van der Waals surface area contributed by atoms with E-state index in [1.807, 2.05) is 83.4 Å². The lowest BCUT2D eigenvalue weighted by molar-refractivity contribution is 0.651. The van der Waals surface area contributed by atoms with Crippen LogP contribution in [0.4, 0.5) is 0 Å². The van der Waals surface area contributed by atoms with Crippen LogP contribution in [0.15, 0.2) is 120 Å². The summed E-state index contributed by atoms with van der Waals surface area (Å²) in [7, 11) is 0. The van der Waals surface area contributed by atoms with E-state index >= 15 is 0 Å². The number of imidazole rings is 2. The second kappa shape index (κ2) is 7.63. The zero-order chi connectivity index (χ0) is 24.3. The van der Waals surface area contributed by atoms with Crippen LogP contribution in [-0.2, 0) is 0 Å². The first kappa shape index (κ1) is 20.0. The predicted molar refractivity (Wildman–Crippen MR) is 146 cm³/mol. The number of rotatable bonds is 3. The predicted octanol–water partition coefficient (Wildman–Crippen LogP) is 7.30. The molecule has 0 saturated heterocycles. The Labute approximate surface area is 211 Å². The molecule has 0 atom stereocenters. The Kier molecular flexibility index (Phi) is 4.13. The molecule has 8 aromatic rings. The number of hydrogen-bond donors (Lipinski definition) is 0. The molecule has 0 spiro atoms. The molecule has 0 saturated carbocycles. The maximum atomic E-state index is 6.41. The van der Waals surface area contributed by atoms with Gasteiger partial charge in [-0.05, 0) is 30.3 Å². The van der Waals surface area contributed by atoms with Crippen LogP contribution in [-0.4, -0.2) is 23.9 Å². The Bertz CT molecular complexity index is 2030. The number of benzene rings is 4. The van der Waals surface area contributed by atoms with Crippen LogP contribution in [0, 0.1) is 0 Å². The molecular formula is C31H19N5O. The maximum Gasteiger partial charge on any atom is 0.238 e. The molecule has 4 aromatic carbocycles. The van der Waals surface area contributed by atoms with Crippen molar-refractivity contribution in [3.8, 4) is 28.5 Å². The van der Waals surface area contributed by atoms with Crippen LogP contribution in [0.5, 0.6) is 0 Å². The number of para-hydroxylation sites is 3. The third-order valence-electron chi connectivity index (χ3n) is 6.77. The first-order chi connectivity index (χ1) is 18.3. The molecule has 0 aliphatic carbocycles. The van der Waals surface area contributed by atoms with E-state index < -0.39 is 0 Å². The lowest BCUT2D eigenvalue weighted by atomic mass is 10.1. The fraction of sp³-hybridized carbons (Fsp3) is 0. The van der Waals surface area contributed by atoms with Crippen LogP contribution in [0.2, 0.25) is 0 Å². The monoisotopic (exact) mass is 477 g/mol. The highest BCUT2D eigenvalue weighted by Crippen LogP contribution is 2.36. The molecule has 0 bridgehead atoms. The van der Waals surface area contributed by atoms with Crippen molar-refractivity contribution in [1.82, 2.24) is 23.9 Å². The molecule has 0 fully saturated rings. The molecule has 8 rings (SSSR count). The topological polar surface area (TPSA) is 61.2 Å². The molecule has 0 N–H and O–H groups in total. The van der Waals surface area contributed by atoms with Crippen molar-refractivity contribution in [2.24, 2.45) is 0 Å². The number of fused-ring (bicyclic) bond motifs is 7. The Balaban J connectivity index is 1.53. The Morgan fingerprint density at radius 2 is 1.22 bits per heavy atom. The van der Waals surface area contributed by atoms with Gasteiger partial charge in [-0.25, -0.2) is 23.9 Å². The van der Waals surface area contributed by atoms with E-state index in [0.29, 0.717) is 11.7 Å². The minimum atomic E-state index is 0.544. The van der Waals surface area contributed by atoms with Crippen LogP contribution in [0.3, 0.4) is 0 Å². The lowest BCUT2D eigenvalue weighted by Crippen LogP contribution is -2.04. The highest BCUT2D eigenvalue weighted by Gasteiger charge is 2.24. The summed E-state index contributed by atoms with van der Waals surface area (Å²) in [6.45, 7) is 0. The molecule has 6 heteroatoms. The zero-order valence-electron chi connectivity index (χ0n) is 19.6. The second-order valence-electron chi connectivity index (χ2n) is 8.99. The van der Waals surface area contributed by atoms with Crippen molar-refractivity contribution in [2.75, 3.05) is 0 Å². The van der Waals surface area contributed by atoms with Crippen LogP contribution < -0.4 is 0 Å². The average molecular weight is 478 g/mol. The standard InChI is InChI=1S/C31H19N5O/c1-3-11-20(12-4-1)24-19-25(21-13-5-2-6-14-21)33-30(32-24)36-28-22-15-7-10-18-27(22)37-29(28)35-26-17-9-8-16-23(26)34-31(35)36/h1-19H. The van der Waals surface area contributed by atoms with E-state index in [-0.39, 0.29) is 0 Å². The summed E-state index contributed by atoms with van der Waals surface area (Å²) < 4.78 is 10.5. The van der Waals surface area contributed by atoms with E-state index in [1.54, 1.807) is 0 Å². The van der Waals surface area contributed by atoms with Gasteiger partial charge in [0.15, 0.2) is 0 Å². The van der Waals surface area contributed by atoms with E-state index in [2.05, 4.69) is 40.8 Å². The minimum absolute atomic E-state index is 0.544. The molecular weight excluding hydrogens is 458 g/mol. The van der Waals surface area contributed by atoms with E-state index in [0.717, 1.165) is 55.7 Å².